The Bertz CT molecular complexity index is 646. The molecule has 1 fully saturated rings. The fourth-order valence-electron chi connectivity index (χ4n) is 4.50. The second-order valence-electron chi connectivity index (χ2n) is 6.81. The molecule has 0 aromatic heterocycles. The smallest absolute Gasteiger partial charge is 0.119 e. The van der Waals surface area contributed by atoms with Crippen LogP contribution >= 0.6 is 0 Å². The summed E-state index contributed by atoms with van der Waals surface area (Å²) in [6.07, 6.45) is 8.89. The highest BCUT2D eigenvalue weighted by Crippen LogP contribution is 2.48. The van der Waals surface area contributed by atoms with Crippen molar-refractivity contribution in [1.82, 2.24) is 0 Å². The van der Waals surface area contributed by atoms with Gasteiger partial charge in [0.15, 0.2) is 0 Å². The Morgan fingerprint density at radius 2 is 2.00 bits per heavy atom. The maximum Gasteiger partial charge on any atom is 0.119 e. The summed E-state index contributed by atoms with van der Waals surface area (Å²) < 4.78 is 16.6. The lowest BCUT2D eigenvalue weighted by atomic mass is 9.65. The molecule has 4 atom stereocenters. The standard InChI is InChI=1S/C20H24O3/c1-21-15-6-3-13(4-7-15)17-9-14-5-8-16(22-2)10-18(14)20-12-23-11-19(17)20/h3,5-8,10,13,17,19-20H,4,9,11-12H2,1-2H3/t13?,17-,19+,20-/m0/s1. The van der Waals surface area contributed by atoms with Crippen LogP contribution in [0, 0.1) is 17.8 Å². The lowest BCUT2D eigenvalue weighted by molar-refractivity contribution is 0.159. The first kappa shape index (κ1) is 14.8. The number of hydrogen-bond acceptors (Lipinski definition) is 3. The molecular weight excluding hydrogens is 288 g/mol. The summed E-state index contributed by atoms with van der Waals surface area (Å²) in [6, 6.07) is 6.56. The highest BCUT2D eigenvalue weighted by atomic mass is 16.5. The molecule has 1 aromatic carbocycles. The molecule has 2 aliphatic carbocycles. The third-order valence-corrected chi connectivity index (χ3v) is 5.77. The van der Waals surface area contributed by atoms with Crippen LogP contribution in [0.25, 0.3) is 0 Å². The number of benzene rings is 1. The predicted molar refractivity (Wildman–Crippen MR) is 89.6 cm³/mol. The predicted octanol–water partition coefficient (Wildman–Crippen LogP) is 3.70. The fraction of sp³-hybridized carbons (Fsp3) is 0.500. The van der Waals surface area contributed by atoms with Gasteiger partial charge in [-0.3, -0.25) is 0 Å². The molecule has 4 rings (SSSR count). The quantitative estimate of drug-likeness (QED) is 0.851. The molecule has 0 spiro atoms. The monoisotopic (exact) mass is 312 g/mol. The summed E-state index contributed by atoms with van der Waals surface area (Å²) >= 11 is 0. The van der Waals surface area contributed by atoms with Crippen LogP contribution in [0.2, 0.25) is 0 Å². The molecule has 3 heteroatoms. The molecule has 0 bridgehead atoms. The molecule has 3 nitrogen and oxygen atoms in total. The van der Waals surface area contributed by atoms with E-state index in [0.717, 1.165) is 37.6 Å². The maximum atomic E-state index is 5.88. The first-order valence-electron chi connectivity index (χ1n) is 8.47. The van der Waals surface area contributed by atoms with E-state index in [1.54, 1.807) is 14.2 Å². The van der Waals surface area contributed by atoms with Gasteiger partial charge in [-0.25, -0.2) is 0 Å². The molecule has 1 aliphatic heterocycles. The molecule has 1 heterocycles. The Morgan fingerprint density at radius 3 is 2.74 bits per heavy atom. The van der Waals surface area contributed by atoms with Crippen molar-refractivity contribution in [2.24, 2.45) is 17.8 Å². The van der Waals surface area contributed by atoms with Gasteiger partial charge in [0.05, 0.1) is 27.4 Å². The van der Waals surface area contributed by atoms with Crippen molar-refractivity contribution in [2.75, 3.05) is 27.4 Å². The summed E-state index contributed by atoms with van der Waals surface area (Å²) in [6.45, 7) is 1.73. The normalized spacial score (nSPS) is 32.0. The topological polar surface area (TPSA) is 27.7 Å². The van der Waals surface area contributed by atoms with Gasteiger partial charge in [-0.2, -0.15) is 0 Å². The van der Waals surface area contributed by atoms with E-state index in [1.165, 1.54) is 11.1 Å². The zero-order valence-corrected chi connectivity index (χ0v) is 13.8. The molecule has 1 saturated heterocycles. The van der Waals surface area contributed by atoms with Gasteiger partial charge in [-0.05, 0) is 66.0 Å². The minimum Gasteiger partial charge on any atom is -0.497 e. The number of hydrogen-bond donors (Lipinski definition) is 0. The highest BCUT2D eigenvalue weighted by Gasteiger charge is 2.43. The van der Waals surface area contributed by atoms with Crippen molar-refractivity contribution in [3.05, 3.63) is 53.3 Å². The minimum absolute atomic E-state index is 0.514. The molecule has 0 saturated carbocycles. The van der Waals surface area contributed by atoms with E-state index >= 15 is 0 Å². The van der Waals surface area contributed by atoms with Crippen LogP contribution in [-0.2, 0) is 15.9 Å². The van der Waals surface area contributed by atoms with E-state index < -0.39 is 0 Å². The molecule has 23 heavy (non-hydrogen) atoms. The van der Waals surface area contributed by atoms with Crippen molar-refractivity contribution < 1.29 is 14.2 Å². The summed E-state index contributed by atoms with van der Waals surface area (Å²) in [7, 11) is 3.48. The van der Waals surface area contributed by atoms with Gasteiger partial charge in [-0.15, -0.1) is 0 Å². The van der Waals surface area contributed by atoms with E-state index in [1.807, 2.05) is 0 Å². The van der Waals surface area contributed by atoms with Crippen LogP contribution < -0.4 is 4.74 Å². The van der Waals surface area contributed by atoms with Crippen molar-refractivity contribution in [3.8, 4) is 5.75 Å². The van der Waals surface area contributed by atoms with E-state index in [9.17, 15) is 0 Å². The second-order valence-corrected chi connectivity index (χ2v) is 6.81. The van der Waals surface area contributed by atoms with Gasteiger partial charge in [0, 0.05) is 5.92 Å². The number of rotatable bonds is 3. The Balaban J connectivity index is 1.63. The number of fused-ring (bicyclic) bond motifs is 3. The lowest BCUT2D eigenvalue weighted by Crippen LogP contribution is -2.33. The Labute approximate surface area is 137 Å². The third kappa shape index (κ3) is 2.57. The lowest BCUT2D eigenvalue weighted by Gasteiger charge is -2.38. The van der Waals surface area contributed by atoms with Crippen molar-refractivity contribution in [3.63, 3.8) is 0 Å². The Hall–Kier alpha value is -1.74. The third-order valence-electron chi connectivity index (χ3n) is 5.77. The van der Waals surface area contributed by atoms with Gasteiger partial charge in [0.25, 0.3) is 0 Å². The average Bonchev–Trinajstić information content (AvgIpc) is 3.11. The molecule has 3 aliphatic rings. The minimum atomic E-state index is 0.514. The SMILES string of the molecule is COC1=CCC([C@@H]2Cc3ccc(OC)cc3[C@@H]3COC[C@@H]32)C=C1. The van der Waals surface area contributed by atoms with Crippen LogP contribution in [0.3, 0.4) is 0 Å². The van der Waals surface area contributed by atoms with Crippen molar-refractivity contribution in [1.29, 1.82) is 0 Å². The van der Waals surface area contributed by atoms with Crippen molar-refractivity contribution >= 4 is 0 Å². The number of ether oxygens (including phenoxy) is 3. The number of methoxy groups -OCH3 is 2. The van der Waals surface area contributed by atoms with Crippen LogP contribution in [0.15, 0.2) is 42.2 Å². The van der Waals surface area contributed by atoms with E-state index in [2.05, 4.69) is 36.4 Å². The van der Waals surface area contributed by atoms with E-state index in [4.69, 9.17) is 14.2 Å². The van der Waals surface area contributed by atoms with Crippen LogP contribution in [0.1, 0.15) is 23.5 Å². The van der Waals surface area contributed by atoms with E-state index in [-0.39, 0.29) is 0 Å². The maximum absolute atomic E-state index is 5.88. The van der Waals surface area contributed by atoms with Gasteiger partial charge in [-0.1, -0.05) is 12.1 Å². The fourth-order valence-corrected chi connectivity index (χ4v) is 4.50. The van der Waals surface area contributed by atoms with E-state index in [0.29, 0.717) is 23.7 Å². The van der Waals surface area contributed by atoms with Gasteiger partial charge in [0.2, 0.25) is 0 Å². The summed E-state index contributed by atoms with van der Waals surface area (Å²) in [5.74, 6) is 4.30. The summed E-state index contributed by atoms with van der Waals surface area (Å²) in [5.41, 5.74) is 2.91. The largest absolute Gasteiger partial charge is 0.497 e. The second kappa shape index (κ2) is 6.04. The molecule has 0 amide bonds. The molecule has 1 aromatic rings. The highest BCUT2D eigenvalue weighted by molar-refractivity contribution is 5.41. The van der Waals surface area contributed by atoms with Gasteiger partial charge >= 0.3 is 0 Å². The molecule has 0 radical (unpaired) electrons. The van der Waals surface area contributed by atoms with Crippen molar-refractivity contribution in [2.45, 2.75) is 18.8 Å². The Kier molecular flexibility index (Phi) is 3.90. The molecular formula is C20H24O3. The van der Waals surface area contributed by atoms with Crippen LogP contribution in [0.4, 0.5) is 0 Å². The Morgan fingerprint density at radius 1 is 1.09 bits per heavy atom. The van der Waals surface area contributed by atoms with Crippen LogP contribution in [-0.4, -0.2) is 27.4 Å². The van der Waals surface area contributed by atoms with Gasteiger partial charge < -0.3 is 14.2 Å². The summed E-state index contributed by atoms with van der Waals surface area (Å²) in [4.78, 5) is 0. The molecule has 1 unspecified atom stereocenters. The average molecular weight is 312 g/mol. The van der Waals surface area contributed by atoms with Gasteiger partial charge in [0.1, 0.15) is 11.5 Å². The van der Waals surface area contributed by atoms with Crippen LogP contribution in [0.5, 0.6) is 5.75 Å². The number of allylic oxidation sites excluding steroid dienone is 3. The first-order chi connectivity index (χ1) is 11.3. The zero-order valence-electron chi connectivity index (χ0n) is 13.8. The molecule has 122 valence electrons. The molecule has 0 N–H and O–H groups in total. The zero-order chi connectivity index (χ0) is 15.8. The first-order valence-corrected chi connectivity index (χ1v) is 8.47. The summed E-state index contributed by atoms with van der Waals surface area (Å²) in [5, 5.41) is 0.